The molecule has 0 bridgehead atoms. The first-order valence-electron chi connectivity index (χ1n) is 6.94. The van der Waals surface area contributed by atoms with Gasteiger partial charge in [0.05, 0.1) is 5.69 Å². The van der Waals surface area contributed by atoms with Gasteiger partial charge in [-0.25, -0.2) is 0 Å². The molecule has 3 N–H and O–H groups in total. The molecule has 1 saturated carbocycles. The number of benzene rings is 1. The van der Waals surface area contributed by atoms with Crippen molar-refractivity contribution in [3.8, 4) is 11.3 Å². The number of rotatable bonds is 4. The van der Waals surface area contributed by atoms with Crippen molar-refractivity contribution in [2.45, 2.75) is 26.3 Å². The molecule has 0 atom stereocenters. The van der Waals surface area contributed by atoms with E-state index in [9.17, 15) is 4.79 Å². The van der Waals surface area contributed by atoms with Gasteiger partial charge in [-0.2, -0.15) is 12.6 Å². The Kier molecular flexibility index (Phi) is 5.35. The van der Waals surface area contributed by atoms with Crippen LogP contribution in [0.25, 0.3) is 11.3 Å². The van der Waals surface area contributed by atoms with Gasteiger partial charge in [0.15, 0.2) is 0 Å². The van der Waals surface area contributed by atoms with Crippen LogP contribution < -0.4 is 5.32 Å². The van der Waals surface area contributed by atoms with Crippen LogP contribution in [0.1, 0.15) is 26.8 Å². The number of hydrogen-bond acceptors (Lipinski definition) is 2. The first kappa shape index (κ1) is 14.8. The predicted molar refractivity (Wildman–Crippen MR) is 86.8 cm³/mol. The molecule has 110 valence electrons. The Labute approximate surface area is 126 Å². The maximum absolute atomic E-state index is 11.5. The molecule has 1 heterocycles. The van der Waals surface area contributed by atoms with E-state index >= 15 is 0 Å². The summed E-state index contributed by atoms with van der Waals surface area (Å²) in [6.45, 7) is 2.60. The Morgan fingerprint density at radius 2 is 2.20 bits per heavy atom. The van der Waals surface area contributed by atoms with E-state index in [1.54, 1.807) is 0 Å². The van der Waals surface area contributed by atoms with Crippen molar-refractivity contribution in [1.29, 1.82) is 0 Å². The first-order valence-corrected chi connectivity index (χ1v) is 7.57. The summed E-state index contributed by atoms with van der Waals surface area (Å²) in [5.74, 6) is 1.41. The molecule has 20 heavy (non-hydrogen) atoms. The smallest absolute Gasteiger partial charge is 0.223 e. The molecule has 3 rings (SSSR count). The van der Waals surface area contributed by atoms with Crippen LogP contribution in [0.5, 0.6) is 0 Å². The van der Waals surface area contributed by atoms with Gasteiger partial charge in [0, 0.05) is 25.6 Å². The van der Waals surface area contributed by atoms with Crippen LogP contribution in [-0.4, -0.2) is 21.9 Å². The lowest BCUT2D eigenvalue weighted by Gasteiger charge is -2.08. The second-order valence-electron chi connectivity index (χ2n) is 4.84. The third kappa shape index (κ3) is 4.20. The maximum atomic E-state index is 11.5. The molecule has 5 heteroatoms. The van der Waals surface area contributed by atoms with Gasteiger partial charge >= 0.3 is 0 Å². The molecular weight excluding hydrogens is 270 g/mol. The SMILES string of the molecule is CCS.O=C(NCc1cccc(-c2c[nH][nH]2)c1)C1CC1.[HH]. The van der Waals surface area contributed by atoms with E-state index in [2.05, 4.69) is 34.2 Å². The molecule has 2 aromatic rings. The van der Waals surface area contributed by atoms with Crippen molar-refractivity contribution in [3.63, 3.8) is 0 Å². The number of H-pyrrole nitrogens is 2. The van der Waals surface area contributed by atoms with Crippen LogP contribution >= 0.6 is 12.6 Å². The molecule has 0 aliphatic heterocycles. The lowest BCUT2D eigenvalue weighted by atomic mass is 10.1. The number of thiol groups is 1. The van der Waals surface area contributed by atoms with Crippen molar-refractivity contribution < 1.29 is 6.22 Å². The molecule has 0 radical (unpaired) electrons. The van der Waals surface area contributed by atoms with Gasteiger partial charge in [-0.05, 0) is 30.2 Å². The molecule has 4 nitrogen and oxygen atoms in total. The predicted octanol–water partition coefficient (Wildman–Crippen LogP) is 3.22. The summed E-state index contributed by atoms with van der Waals surface area (Å²) in [7, 11) is 0. The van der Waals surface area contributed by atoms with Gasteiger partial charge in [0.25, 0.3) is 0 Å². The Morgan fingerprint density at radius 3 is 2.75 bits per heavy atom. The maximum Gasteiger partial charge on any atom is 0.223 e. The number of aromatic nitrogens is 2. The summed E-state index contributed by atoms with van der Waals surface area (Å²) in [6, 6.07) is 8.18. The Morgan fingerprint density at radius 1 is 1.50 bits per heavy atom. The number of carbonyl (C=O) groups excluding carboxylic acids is 1. The average Bonchev–Trinajstić information content (AvgIpc) is 3.20. The monoisotopic (exact) mass is 293 g/mol. The largest absolute Gasteiger partial charge is 0.352 e. The number of hydrogen-bond donors (Lipinski definition) is 4. The van der Waals surface area contributed by atoms with Crippen LogP contribution in [0.15, 0.2) is 30.5 Å². The van der Waals surface area contributed by atoms with Crippen LogP contribution in [0, 0.1) is 5.92 Å². The van der Waals surface area contributed by atoms with Crippen molar-refractivity contribution in [2.75, 3.05) is 5.75 Å². The minimum Gasteiger partial charge on any atom is -0.352 e. The molecule has 1 amide bonds. The summed E-state index contributed by atoms with van der Waals surface area (Å²) in [5, 5.41) is 8.85. The van der Waals surface area contributed by atoms with Crippen molar-refractivity contribution >= 4 is 18.5 Å². The molecule has 0 saturated heterocycles. The van der Waals surface area contributed by atoms with Crippen LogP contribution in [0.2, 0.25) is 0 Å². The summed E-state index contributed by atoms with van der Waals surface area (Å²) >= 11 is 3.79. The highest BCUT2D eigenvalue weighted by molar-refractivity contribution is 7.80. The zero-order valence-corrected chi connectivity index (χ0v) is 12.5. The summed E-state index contributed by atoms with van der Waals surface area (Å²) in [4.78, 5) is 11.5. The Bertz CT molecular complexity index is 539. The number of aromatic amines is 2. The normalized spacial score (nSPS) is 13.5. The highest BCUT2D eigenvalue weighted by Crippen LogP contribution is 2.28. The lowest BCUT2D eigenvalue weighted by molar-refractivity contribution is -0.122. The van der Waals surface area contributed by atoms with E-state index in [4.69, 9.17) is 0 Å². The molecular formula is C15H23N3OS. The topological polar surface area (TPSA) is 60.7 Å². The zero-order chi connectivity index (χ0) is 14.4. The summed E-state index contributed by atoms with van der Waals surface area (Å²) in [6.07, 6.45) is 4.02. The average molecular weight is 293 g/mol. The van der Waals surface area contributed by atoms with E-state index in [1.807, 2.05) is 31.3 Å². The van der Waals surface area contributed by atoms with E-state index in [0.29, 0.717) is 6.54 Å². The van der Waals surface area contributed by atoms with E-state index in [0.717, 1.165) is 35.4 Å². The van der Waals surface area contributed by atoms with Gasteiger partial charge in [-0.15, -0.1) is 0 Å². The molecule has 1 aromatic carbocycles. The van der Waals surface area contributed by atoms with Gasteiger partial charge in [-0.1, -0.05) is 25.1 Å². The minimum absolute atomic E-state index is 0. The van der Waals surface area contributed by atoms with Crippen LogP contribution in [-0.2, 0) is 11.3 Å². The highest BCUT2D eigenvalue weighted by atomic mass is 32.1. The number of amides is 1. The van der Waals surface area contributed by atoms with Crippen molar-refractivity contribution in [2.24, 2.45) is 5.92 Å². The van der Waals surface area contributed by atoms with E-state index < -0.39 is 0 Å². The van der Waals surface area contributed by atoms with Crippen molar-refractivity contribution in [3.05, 3.63) is 36.0 Å². The fourth-order valence-electron chi connectivity index (χ4n) is 1.83. The van der Waals surface area contributed by atoms with Gasteiger partial charge in [0.1, 0.15) is 0 Å². The molecule has 0 spiro atoms. The second-order valence-corrected chi connectivity index (χ2v) is 5.47. The standard InChI is InChI=1S/C13H15N3O.C2H6S.H2/c17-13(10-4-5-10)14-7-9-2-1-3-11(6-9)12-8-15-16-12;1-2-3;/h1-3,6,8,10,15-16H,4-5,7H2,(H,14,17);3H,2H2,1H3;1H. The minimum atomic E-state index is 0. The molecule has 1 aliphatic rings. The van der Waals surface area contributed by atoms with Crippen LogP contribution in [0.3, 0.4) is 0 Å². The second kappa shape index (κ2) is 7.24. The van der Waals surface area contributed by atoms with Gasteiger partial charge < -0.3 is 10.4 Å². The van der Waals surface area contributed by atoms with E-state index in [1.165, 1.54) is 0 Å². The Balaban J connectivity index is 0.000000510. The zero-order valence-electron chi connectivity index (χ0n) is 11.6. The number of carbonyl (C=O) groups is 1. The quantitative estimate of drug-likeness (QED) is 0.643. The lowest BCUT2D eigenvalue weighted by Crippen LogP contribution is -2.24. The Hall–Kier alpha value is -1.62. The fourth-order valence-corrected chi connectivity index (χ4v) is 1.83. The molecule has 1 fully saturated rings. The van der Waals surface area contributed by atoms with E-state index in [-0.39, 0.29) is 13.3 Å². The first-order chi connectivity index (χ1) is 9.74. The number of nitrogens with one attached hydrogen (secondary N) is 3. The van der Waals surface area contributed by atoms with Crippen molar-refractivity contribution in [1.82, 2.24) is 15.5 Å². The van der Waals surface area contributed by atoms with Gasteiger partial charge in [0.2, 0.25) is 5.91 Å². The third-order valence-corrected chi connectivity index (χ3v) is 3.08. The van der Waals surface area contributed by atoms with Gasteiger partial charge in [-0.3, -0.25) is 9.89 Å². The summed E-state index contributed by atoms with van der Waals surface area (Å²) < 4.78 is 0. The molecule has 0 unspecified atom stereocenters. The highest BCUT2D eigenvalue weighted by Gasteiger charge is 2.29. The fraction of sp³-hybridized carbons (Fsp3) is 0.400. The third-order valence-electron chi connectivity index (χ3n) is 3.08. The summed E-state index contributed by atoms with van der Waals surface area (Å²) in [5.41, 5.74) is 3.35. The van der Waals surface area contributed by atoms with Crippen LogP contribution in [0.4, 0.5) is 0 Å². The molecule has 1 aromatic heterocycles. The molecule has 1 aliphatic carbocycles.